The third-order valence-corrected chi connectivity index (χ3v) is 4.12. The normalized spacial score (nSPS) is 14.6. The first kappa shape index (κ1) is 18.4. The van der Waals surface area contributed by atoms with Crippen molar-refractivity contribution in [3.8, 4) is 23.0 Å². The molecule has 0 bridgehead atoms. The molecule has 140 valence electrons. The van der Waals surface area contributed by atoms with E-state index in [1.165, 1.54) is 0 Å². The Morgan fingerprint density at radius 3 is 2.00 bits per heavy atom. The zero-order chi connectivity index (χ0) is 19.4. The van der Waals surface area contributed by atoms with Crippen LogP contribution in [0.4, 0.5) is 0 Å². The predicted octanol–water partition coefficient (Wildman–Crippen LogP) is 3.70. The van der Waals surface area contributed by atoms with Crippen LogP contribution < -0.4 is 18.9 Å². The molecule has 0 radical (unpaired) electrons. The number of hydrogen-bond acceptors (Lipinski definition) is 6. The van der Waals surface area contributed by atoms with E-state index in [2.05, 4.69) is 0 Å². The van der Waals surface area contributed by atoms with Gasteiger partial charge in [0.15, 0.2) is 23.0 Å². The van der Waals surface area contributed by atoms with E-state index in [9.17, 15) is 4.79 Å². The number of carbonyl (C=O) groups is 1. The molecular weight excluding hydrogens is 348 g/mol. The first-order valence-corrected chi connectivity index (χ1v) is 8.19. The Bertz CT molecular complexity index is 926. The van der Waals surface area contributed by atoms with E-state index < -0.39 is 5.97 Å². The van der Waals surface area contributed by atoms with Crippen LogP contribution in [0, 0.1) is 0 Å². The number of esters is 1. The number of carbonyl (C=O) groups excluding carboxylic acids is 1. The lowest BCUT2D eigenvalue weighted by molar-refractivity contribution is -0.130. The summed E-state index contributed by atoms with van der Waals surface area (Å²) in [5.41, 5.74) is 1.95. The highest BCUT2D eigenvalue weighted by Crippen LogP contribution is 2.34. The molecule has 0 spiro atoms. The Morgan fingerprint density at radius 1 is 0.778 bits per heavy atom. The van der Waals surface area contributed by atoms with Crippen molar-refractivity contribution in [3.63, 3.8) is 0 Å². The van der Waals surface area contributed by atoms with Gasteiger partial charge in [-0.1, -0.05) is 6.07 Å². The zero-order valence-electron chi connectivity index (χ0n) is 15.6. The minimum Gasteiger partial charge on any atom is -0.493 e. The van der Waals surface area contributed by atoms with Crippen molar-refractivity contribution >= 4 is 17.8 Å². The molecule has 2 aromatic rings. The van der Waals surface area contributed by atoms with Gasteiger partial charge < -0.3 is 23.7 Å². The Morgan fingerprint density at radius 2 is 1.37 bits per heavy atom. The van der Waals surface area contributed by atoms with Gasteiger partial charge in [-0.15, -0.1) is 0 Å². The van der Waals surface area contributed by atoms with Crippen molar-refractivity contribution in [2.24, 2.45) is 0 Å². The summed E-state index contributed by atoms with van der Waals surface area (Å²) in [7, 11) is 6.26. The molecule has 0 unspecified atom stereocenters. The SMILES string of the molecule is COc1ccc(/C=C2\C=C(c3ccc(OC)c(OC)c3)OC2=O)cc1OC. The first-order chi connectivity index (χ1) is 13.1. The average Bonchev–Trinajstić information content (AvgIpc) is 3.07. The second kappa shape index (κ2) is 7.86. The monoisotopic (exact) mass is 368 g/mol. The van der Waals surface area contributed by atoms with Crippen LogP contribution in [0.1, 0.15) is 11.1 Å². The Labute approximate surface area is 157 Å². The minimum atomic E-state index is -0.422. The Kier molecular flexibility index (Phi) is 5.35. The summed E-state index contributed by atoms with van der Waals surface area (Å²) in [6.07, 6.45) is 3.43. The van der Waals surface area contributed by atoms with Gasteiger partial charge in [0.05, 0.1) is 34.0 Å². The molecule has 0 amide bonds. The van der Waals surface area contributed by atoms with Gasteiger partial charge in [-0.3, -0.25) is 0 Å². The van der Waals surface area contributed by atoms with Crippen LogP contribution in [0.2, 0.25) is 0 Å². The number of benzene rings is 2. The van der Waals surface area contributed by atoms with E-state index >= 15 is 0 Å². The van der Waals surface area contributed by atoms with Gasteiger partial charge in [-0.05, 0) is 48.0 Å². The van der Waals surface area contributed by atoms with Gasteiger partial charge in [-0.25, -0.2) is 4.79 Å². The molecule has 0 aromatic heterocycles. The lowest BCUT2D eigenvalue weighted by Gasteiger charge is -2.09. The lowest BCUT2D eigenvalue weighted by Crippen LogP contribution is -1.98. The highest BCUT2D eigenvalue weighted by atomic mass is 16.5. The predicted molar refractivity (Wildman–Crippen MR) is 101 cm³/mol. The molecule has 0 saturated carbocycles. The third-order valence-electron chi connectivity index (χ3n) is 4.12. The van der Waals surface area contributed by atoms with E-state index in [4.69, 9.17) is 23.7 Å². The molecule has 0 atom stereocenters. The molecule has 6 nitrogen and oxygen atoms in total. The fourth-order valence-electron chi connectivity index (χ4n) is 2.74. The van der Waals surface area contributed by atoms with Gasteiger partial charge in [0, 0.05) is 5.56 Å². The molecule has 27 heavy (non-hydrogen) atoms. The topological polar surface area (TPSA) is 63.2 Å². The summed E-state index contributed by atoms with van der Waals surface area (Å²) in [4.78, 5) is 12.3. The molecule has 0 N–H and O–H groups in total. The van der Waals surface area contributed by atoms with Crippen LogP contribution in [-0.2, 0) is 9.53 Å². The van der Waals surface area contributed by atoms with E-state index in [1.54, 1.807) is 70.9 Å². The highest BCUT2D eigenvalue weighted by Gasteiger charge is 2.23. The summed E-state index contributed by atoms with van der Waals surface area (Å²) in [6.45, 7) is 0. The molecule has 6 heteroatoms. The molecule has 0 saturated heterocycles. The van der Waals surface area contributed by atoms with Crippen molar-refractivity contribution in [1.29, 1.82) is 0 Å². The van der Waals surface area contributed by atoms with Crippen molar-refractivity contribution in [2.45, 2.75) is 0 Å². The fourth-order valence-corrected chi connectivity index (χ4v) is 2.74. The van der Waals surface area contributed by atoms with Crippen molar-refractivity contribution < 1.29 is 28.5 Å². The second-order valence-electron chi connectivity index (χ2n) is 5.68. The van der Waals surface area contributed by atoms with E-state index in [1.807, 2.05) is 6.07 Å². The van der Waals surface area contributed by atoms with Gasteiger partial charge in [-0.2, -0.15) is 0 Å². The summed E-state index contributed by atoms with van der Waals surface area (Å²) in [6, 6.07) is 10.7. The van der Waals surface area contributed by atoms with E-state index in [-0.39, 0.29) is 0 Å². The molecule has 3 rings (SSSR count). The lowest BCUT2D eigenvalue weighted by atomic mass is 10.1. The summed E-state index contributed by atoms with van der Waals surface area (Å²) < 4.78 is 26.5. The van der Waals surface area contributed by atoms with Crippen molar-refractivity contribution in [3.05, 3.63) is 59.2 Å². The van der Waals surface area contributed by atoms with E-state index in [0.29, 0.717) is 34.3 Å². The maximum Gasteiger partial charge on any atom is 0.343 e. The summed E-state index contributed by atoms with van der Waals surface area (Å²) in [5, 5.41) is 0. The highest BCUT2D eigenvalue weighted by molar-refractivity contribution is 6.05. The smallest absolute Gasteiger partial charge is 0.343 e. The quantitative estimate of drug-likeness (QED) is 0.572. The van der Waals surface area contributed by atoms with Gasteiger partial charge >= 0.3 is 5.97 Å². The van der Waals surface area contributed by atoms with Crippen LogP contribution in [0.15, 0.2) is 48.0 Å². The zero-order valence-corrected chi connectivity index (χ0v) is 15.6. The Hall–Kier alpha value is -3.41. The largest absolute Gasteiger partial charge is 0.493 e. The maximum absolute atomic E-state index is 12.3. The maximum atomic E-state index is 12.3. The second-order valence-corrected chi connectivity index (χ2v) is 5.68. The summed E-state index contributed by atoms with van der Waals surface area (Å²) >= 11 is 0. The van der Waals surface area contributed by atoms with E-state index in [0.717, 1.165) is 11.1 Å². The van der Waals surface area contributed by atoms with Crippen LogP contribution in [0.5, 0.6) is 23.0 Å². The van der Waals surface area contributed by atoms with Crippen molar-refractivity contribution in [2.75, 3.05) is 28.4 Å². The van der Waals surface area contributed by atoms with Crippen LogP contribution >= 0.6 is 0 Å². The van der Waals surface area contributed by atoms with Gasteiger partial charge in [0.2, 0.25) is 0 Å². The first-order valence-electron chi connectivity index (χ1n) is 8.19. The molecule has 0 aliphatic carbocycles. The minimum absolute atomic E-state index is 0.422. The molecular formula is C21H20O6. The number of cyclic esters (lactones) is 1. The summed E-state index contributed by atoms with van der Waals surface area (Å²) in [5.74, 6) is 2.40. The van der Waals surface area contributed by atoms with Crippen LogP contribution in [0.3, 0.4) is 0 Å². The van der Waals surface area contributed by atoms with Crippen LogP contribution in [-0.4, -0.2) is 34.4 Å². The number of hydrogen-bond donors (Lipinski definition) is 0. The standard InChI is InChI=1S/C21H20O6/c1-23-16-7-5-13(10-19(16)25-3)9-15-12-18(27-21(15)22)14-6-8-17(24-2)20(11-14)26-4/h5-12H,1-4H3/b15-9+. The van der Waals surface area contributed by atoms with Crippen molar-refractivity contribution in [1.82, 2.24) is 0 Å². The van der Waals surface area contributed by atoms with Gasteiger partial charge in [0.1, 0.15) is 5.76 Å². The molecule has 2 aromatic carbocycles. The average molecular weight is 368 g/mol. The number of ether oxygens (including phenoxy) is 5. The number of methoxy groups -OCH3 is 4. The Balaban J connectivity index is 1.93. The third kappa shape index (κ3) is 3.74. The van der Waals surface area contributed by atoms with Crippen LogP contribution in [0.25, 0.3) is 11.8 Å². The molecule has 1 aliphatic heterocycles. The number of rotatable bonds is 6. The fraction of sp³-hybridized carbons (Fsp3) is 0.190. The molecule has 0 fully saturated rings. The molecule has 1 aliphatic rings. The van der Waals surface area contributed by atoms with Gasteiger partial charge in [0.25, 0.3) is 0 Å². The molecule has 1 heterocycles.